The summed E-state index contributed by atoms with van der Waals surface area (Å²) in [5.74, 6) is 0.411. The van der Waals surface area contributed by atoms with E-state index < -0.39 is 5.41 Å². The van der Waals surface area contributed by atoms with E-state index in [4.69, 9.17) is 5.26 Å². The molecule has 1 saturated heterocycles. The predicted molar refractivity (Wildman–Crippen MR) is 67.2 cm³/mol. The van der Waals surface area contributed by atoms with Crippen molar-refractivity contribution >= 4 is 5.91 Å². The molecule has 4 heteroatoms. The van der Waals surface area contributed by atoms with Gasteiger partial charge in [-0.05, 0) is 52.2 Å². The van der Waals surface area contributed by atoms with Crippen molar-refractivity contribution in [2.45, 2.75) is 33.6 Å². The summed E-state index contributed by atoms with van der Waals surface area (Å²) in [4.78, 5) is 14.1. The standard InChI is InChI=1S/C13H23N3O/c1-4-16-7-5-11(6-8-16)9-15-12(17)13(2,3)10-14/h11H,4-9H2,1-3H3,(H,15,17). The molecule has 0 saturated carbocycles. The van der Waals surface area contributed by atoms with Crippen LogP contribution < -0.4 is 5.32 Å². The van der Waals surface area contributed by atoms with E-state index in [0.717, 1.165) is 32.5 Å². The number of rotatable bonds is 4. The van der Waals surface area contributed by atoms with Gasteiger partial charge in [-0.3, -0.25) is 4.79 Å². The minimum absolute atomic E-state index is 0.155. The van der Waals surface area contributed by atoms with Crippen LogP contribution in [0.2, 0.25) is 0 Å². The van der Waals surface area contributed by atoms with Crippen molar-refractivity contribution in [3.63, 3.8) is 0 Å². The molecule has 1 rings (SSSR count). The minimum atomic E-state index is -0.913. The van der Waals surface area contributed by atoms with Crippen molar-refractivity contribution in [2.75, 3.05) is 26.2 Å². The van der Waals surface area contributed by atoms with Gasteiger partial charge in [-0.25, -0.2) is 0 Å². The van der Waals surface area contributed by atoms with E-state index >= 15 is 0 Å². The smallest absolute Gasteiger partial charge is 0.239 e. The van der Waals surface area contributed by atoms with Gasteiger partial charge in [-0.1, -0.05) is 6.92 Å². The molecule has 96 valence electrons. The largest absolute Gasteiger partial charge is 0.354 e. The maximum Gasteiger partial charge on any atom is 0.239 e. The number of carbonyl (C=O) groups excluding carboxylic acids is 1. The monoisotopic (exact) mass is 237 g/mol. The van der Waals surface area contributed by atoms with E-state index in [-0.39, 0.29) is 5.91 Å². The Bertz CT molecular complexity index is 298. The van der Waals surface area contributed by atoms with Gasteiger partial charge in [0.25, 0.3) is 0 Å². The Kier molecular flexibility index (Phi) is 4.95. The zero-order valence-electron chi connectivity index (χ0n) is 11.1. The Balaban J connectivity index is 2.29. The van der Waals surface area contributed by atoms with E-state index in [0.29, 0.717) is 12.5 Å². The first-order chi connectivity index (χ1) is 7.99. The van der Waals surface area contributed by atoms with Crippen LogP contribution in [0.15, 0.2) is 0 Å². The molecule has 0 aromatic carbocycles. The molecule has 0 unspecified atom stereocenters. The lowest BCUT2D eigenvalue weighted by molar-refractivity contribution is -0.127. The molecule has 1 aliphatic rings. The first-order valence-electron chi connectivity index (χ1n) is 6.41. The second-order valence-corrected chi connectivity index (χ2v) is 5.32. The molecule has 0 spiro atoms. The topological polar surface area (TPSA) is 56.1 Å². The lowest BCUT2D eigenvalue weighted by Crippen LogP contribution is -2.42. The number of likely N-dealkylation sites (tertiary alicyclic amines) is 1. The third-order valence-corrected chi connectivity index (χ3v) is 3.55. The summed E-state index contributed by atoms with van der Waals surface area (Å²) < 4.78 is 0. The van der Waals surface area contributed by atoms with Crippen LogP contribution in [0.1, 0.15) is 33.6 Å². The number of hydrogen-bond donors (Lipinski definition) is 1. The summed E-state index contributed by atoms with van der Waals surface area (Å²) in [5.41, 5.74) is -0.913. The molecule has 4 nitrogen and oxygen atoms in total. The lowest BCUT2D eigenvalue weighted by atomic mass is 9.93. The van der Waals surface area contributed by atoms with Crippen LogP contribution in [0.5, 0.6) is 0 Å². The zero-order chi connectivity index (χ0) is 12.9. The van der Waals surface area contributed by atoms with E-state index in [1.54, 1.807) is 13.8 Å². The van der Waals surface area contributed by atoms with Gasteiger partial charge in [-0.15, -0.1) is 0 Å². The van der Waals surface area contributed by atoms with Crippen LogP contribution in [0.3, 0.4) is 0 Å². The van der Waals surface area contributed by atoms with Crippen molar-refractivity contribution in [3.8, 4) is 6.07 Å². The van der Waals surface area contributed by atoms with Crippen LogP contribution in [-0.2, 0) is 4.79 Å². The molecule has 17 heavy (non-hydrogen) atoms. The van der Waals surface area contributed by atoms with E-state index in [1.165, 1.54) is 0 Å². The fourth-order valence-electron chi connectivity index (χ4n) is 2.02. The molecule has 1 N–H and O–H groups in total. The molecule has 0 radical (unpaired) electrons. The highest BCUT2D eigenvalue weighted by Crippen LogP contribution is 2.17. The molecule has 0 aromatic rings. The minimum Gasteiger partial charge on any atom is -0.354 e. The van der Waals surface area contributed by atoms with Crippen LogP contribution in [0.25, 0.3) is 0 Å². The Hall–Kier alpha value is -1.08. The third-order valence-electron chi connectivity index (χ3n) is 3.55. The lowest BCUT2D eigenvalue weighted by Gasteiger charge is -2.31. The summed E-state index contributed by atoms with van der Waals surface area (Å²) in [6.45, 7) is 9.56. The molecule has 1 heterocycles. The summed E-state index contributed by atoms with van der Waals surface area (Å²) in [7, 11) is 0. The molecule has 1 fully saturated rings. The molecule has 0 atom stereocenters. The highest BCUT2D eigenvalue weighted by Gasteiger charge is 2.28. The van der Waals surface area contributed by atoms with E-state index in [2.05, 4.69) is 17.1 Å². The molecular formula is C13H23N3O. The van der Waals surface area contributed by atoms with Crippen LogP contribution in [0.4, 0.5) is 0 Å². The van der Waals surface area contributed by atoms with Crippen molar-refractivity contribution in [1.29, 1.82) is 5.26 Å². The zero-order valence-corrected chi connectivity index (χ0v) is 11.1. The van der Waals surface area contributed by atoms with Gasteiger partial charge in [-0.2, -0.15) is 5.26 Å². The molecule has 1 amide bonds. The average molecular weight is 237 g/mol. The number of nitrogens with one attached hydrogen (secondary N) is 1. The van der Waals surface area contributed by atoms with Crippen LogP contribution >= 0.6 is 0 Å². The molecule has 1 aliphatic heterocycles. The molecule has 0 bridgehead atoms. The second kappa shape index (κ2) is 6.02. The third kappa shape index (κ3) is 4.01. The number of hydrogen-bond acceptors (Lipinski definition) is 3. The van der Waals surface area contributed by atoms with Crippen LogP contribution in [0, 0.1) is 22.7 Å². The number of nitrogens with zero attached hydrogens (tertiary/aromatic N) is 2. The first-order valence-corrected chi connectivity index (χ1v) is 6.41. The van der Waals surface area contributed by atoms with Crippen molar-refractivity contribution in [1.82, 2.24) is 10.2 Å². The van der Waals surface area contributed by atoms with Crippen molar-refractivity contribution in [2.24, 2.45) is 11.3 Å². The van der Waals surface area contributed by atoms with Gasteiger partial charge < -0.3 is 10.2 Å². The maximum atomic E-state index is 11.7. The van der Waals surface area contributed by atoms with Crippen LogP contribution in [-0.4, -0.2) is 37.0 Å². The van der Waals surface area contributed by atoms with Gasteiger partial charge in [0.2, 0.25) is 5.91 Å². The summed E-state index contributed by atoms with van der Waals surface area (Å²) in [5, 5.41) is 11.7. The highest BCUT2D eigenvalue weighted by molar-refractivity contribution is 5.84. The molecule has 0 aromatic heterocycles. The van der Waals surface area contributed by atoms with Gasteiger partial charge in [0.15, 0.2) is 0 Å². The predicted octanol–water partition coefficient (Wildman–Crippen LogP) is 1.38. The average Bonchev–Trinajstić information content (AvgIpc) is 2.36. The van der Waals surface area contributed by atoms with Gasteiger partial charge >= 0.3 is 0 Å². The van der Waals surface area contributed by atoms with Crippen molar-refractivity contribution in [3.05, 3.63) is 0 Å². The normalized spacial score (nSPS) is 18.7. The number of amides is 1. The highest BCUT2D eigenvalue weighted by atomic mass is 16.2. The first kappa shape index (κ1) is 14.0. The number of carbonyl (C=O) groups is 1. The van der Waals surface area contributed by atoms with Crippen molar-refractivity contribution < 1.29 is 4.79 Å². The molecule has 0 aliphatic carbocycles. The maximum absolute atomic E-state index is 11.7. The Morgan fingerprint density at radius 1 is 1.47 bits per heavy atom. The van der Waals surface area contributed by atoms with E-state index in [9.17, 15) is 4.79 Å². The Morgan fingerprint density at radius 3 is 2.53 bits per heavy atom. The summed E-state index contributed by atoms with van der Waals surface area (Å²) in [6.07, 6.45) is 2.28. The van der Waals surface area contributed by atoms with Gasteiger partial charge in [0.05, 0.1) is 6.07 Å². The Morgan fingerprint density at radius 2 is 2.06 bits per heavy atom. The van der Waals surface area contributed by atoms with E-state index in [1.807, 2.05) is 6.07 Å². The quantitative estimate of drug-likeness (QED) is 0.803. The fraction of sp³-hybridized carbons (Fsp3) is 0.846. The second-order valence-electron chi connectivity index (χ2n) is 5.32. The Labute approximate surface area is 104 Å². The van der Waals surface area contributed by atoms with Gasteiger partial charge in [0, 0.05) is 6.54 Å². The molecular weight excluding hydrogens is 214 g/mol. The van der Waals surface area contributed by atoms with Gasteiger partial charge in [0.1, 0.15) is 5.41 Å². The SMILES string of the molecule is CCN1CCC(CNC(=O)C(C)(C)C#N)CC1. The fourth-order valence-corrected chi connectivity index (χ4v) is 2.02. The number of piperidine rings is 1. The summed E-state index contributed by atoms with van der Waals surface area (Å²) in [6, 6.07) is 2.02. The summed E-state index contributed by atoms with van der Waals surface area (Å²) >= 11 is 0. The number of nitriles is 1.